The number of carbonyl (C=O) groups excluding carboxylic acids is 2. The molecule has 2 aliphatic carbocycles. The largest absolute Gasteiger partial charge is 0.490 e. The number of hydrogen-bond acceptors (Lipinski definition) is 6. The molecule has 0 N–H and O–H groups in total. The quantitative estimate of drug-likeness (QED) is 0.213. The van der Waals surface area contributed by atoms with Crippen LogP contribution < -0.4 is 9.47 Å². The molecule has 2 aromatic carbocycles. The number of nitrogens with zero attached hydrogens (tertiary/aromatic N) is 1. The maximum Gasteiger partial charge on any atom is 0.410 e. The molecule has 2 bridgehead atoms. The fourth-order valence-electron chi connectivity index (χ4n) is 6.99. The van der Waals surface area contributed by atoms with E-state index in [1.54, 1.807) is 6.92 Å². The van der Waals surface area contributed by atoms with Crippen LogP contribution in [0.2, 0.25) is 0 Å². The van der Waals surface area contributed by atoms with E-state index in [1.807, 2.05) is 35.2 Å². The molecule has 40 heavy (non-hydrogen) atoms. The van der Waals surface area contributed by atoms with Gasteiger partial charge in [-0.1, -0.05) is 56.5 Å². The van der Waals surface area contributed by atoms with Crippen molar-refractivity contribution in [2.24, 2.45) is 5.92 Å². The molecule has 3 aliphatic rings. The first kappa shape index (κ1) is 28.8. The number of esters is 1. The van der Waals surface area contributed by atoms with Crippen LogP contribution in [-0.2, 0) is 32.7 Å². The van der Waals surface area contributed by atoms with Crippen LogP contribution in [-0.4, -0.2) is 49.4 Å². The molecule has 1 aliphatic heterocycles. The van der Waals surface area contributed by atoms with Crippen LogP contribution in [0.15, 0.2) is 40.9 Å². The normalized spacial score (nSPS) is 23.0. The molecule has 216 valence electrons. The van der Waals surface area contributed by atoms with E-state index in [-0.39, 0.29) is 30.8 Å². The molecule has 2 fully saturated rings. The van der Waals surface area contributed by atoms with Gasteiger partial charge in [-0.05, 0) is 83.6 Å². The van der Waals surface area contributed by atoms with Gasteiger partial charge in [-0.25, -0.2) is 9.59 Å². The van der Waals surface area contributed by atoms with E-state index in [4.69, 9.17) is 18.9 Å². The minimum atomic E-state index is -0.415. The summed E-state index contributed by atoms with van der Waals surface area (Å²) in [7, 11) is 0. The van der Waals surface area contributed by atoms with Gasteiger partial charge >= 0.3 is 12.1 Å². The summed E-state index contributed by atoms with van der Waals surface area (Å²) >= 11 is 3.86. The predicted molar refractivity (Wildman–Crippen MR) is 156 cm³/mol. The van der Waals surface area contributed by atoms with Crippen LogP contribution >= 0.6 is 15.9 Å². The summed E-state index contributed by atoms with van der Waals surface area (Å²) in [6.45, 7) is 5.55. The Kier molecular flexibility index (Phi) is 9.24. The highest BCUT2D eigenvalue weighted by molar-refractivity contribution is 9.10. The van der Waals surface area contributed by atoms with Crippen LogP contribution in [0.25, 0.3) is 0 Å². The first-order chi connectivity index (χ1) is 19.5. The molecule has 8 heteroatoms. The van der Waals surface area contributed by atoms with Crippen molar-refractivity contribution < 1.29 is 28.5 Å². The lowest BCUT2D eigenvalue weighted by Gasteiger charge is -2.58. The van der Waals surface area contributed by atoms with Crippen LogP contribution in [0.5, 0.6) is 11.5 Å². The maximum absolute atomic E-state index is 13.4. The van der Waals surface area contributed by atoms with Crippen molar-refractivity contribution in [2.75, 3.05) is 26.4 Å². The first-order valence-corrected chi connectivity index (χ1v) is 15.5. The van der Waals surface area contributed by atoms with Crippen molar-refractivity contribution in [1.82, 2.24) is 4.90 Å². The van der Waals surface area contributed by atoms with Crippen molar-refractivity contribution in [1.29, 1.82) is 0 Å². The maximum atomic E-state index is 13.4. The number of fused-ring (bicyclic) bond motifs is 1. The van der Waals surface area contributed by atoms with E-state index in [9.17, 15) is 9.59 Å². The highest BCUT2D eigenvalue weighted by Crippen LogP contribution is 2.59. The number of unbranched alkanes of at least 4 members (excludes halogenated alkanes) is 1. The Bertz CT molecular complexity index is 1200. The molecule has 1 saturated heterocycles. The zero-order chi connectivity index (χ0) is 28.1. The van der Waals surface area contributed by atoms with Gasteiger partial charge in [-0.15, -0.1) is 0 Å². The third-order valence-electron chi connectivity index (χ3n) is 8.83. The smallest absolute Gasteiger partial charge is 0.410 e. The van der Waals surface area contributed by atoms with E-state index in [0.29, 0.717) is 43.6 Å². The second kappa shape index (κ2) is 12.8. The van der Waals surface area contributed by atoms with Gasteiger partial charge in [0.15, 0.2) is 18.1 Å². The summed E-state index contributed by atoms with van der Waals surface area (Å²) in [5.41, 5.74) is 3.42. The number of hydrogen-bond donors (Lipinski definition) is 0. The molecule has 1 saturated carbocycles. The monoisotopic (exact) mass is 613 g/mol. The summed E-state index contributed by atoms with van der Waals surface area (Å²) in [5.74, 6) is 1.16. The molecule has 0 radical (unpaired) electrons. The molecule has 7 nitrogen and oxygen atoms in total. The van der Waals surface area contributed by atoms with Gasteiger partial charge in [0.05, 0.1) is 17.7 Å². The van der Waals surface area contributed by atoms with Crippen LogP contribution in [0, 0.1) is 5.92 Å². The number of benzene rings is 2. The van der Waals surface area contributed by atoms with Crippen molar-refractivity contribution in [3.63, 3.8) is 0 Å². The zero-order valence-corrected chi connectivity index (χ0v) is 25.2. The Morgan fingerprint density at radius 1 is 1.07 bits per heavy atom. The zero-order valence-electron chi connectivity index (χ0n) is 23.6. The fraction of sp³-hybridized carbons (Fsp3) is 0.562. The third kappa shape index (κ3) is 5.69. The number of rotatable bonds is 10. The molecule has 2 aromatic rings. The molecule has 0 unspecified atom stereocenters. The van der Waals surface area contributed by atoms with Gasteiger partial charge in [0.25, 0.3) is 0 Å². The molecule has 1 heterocycles. The number of amides is 1. The Labute approximate surface area is 245 Å². The average Bonchev–Trinajstić information content (AvgIpc) is 2.97. The Hall–Kier alpha value is -2.74. The molecule has 0 aromatic heterocycles. The minimum Gasteiger partial charge on any atom is -0.490 e. The lowest BCUT2D eigenvalue weighted by Crippen LogP contribution is -2.62. The van der Waals surface area contributed by atoms with E-state index in [2.05, 4.69) is 28.9 Å². The molecular weight excluding hydrogens is 574 g/mol. The van der Waals surface area contributed by atoms with Gasteiger partial charge in [0, 0.05) is 18.0 Å². The SMILES string of the molecule is CCCCOc1cc2c(c(Br)c1OCC(=O)OCC)C[C@H]1[C@H]3CCCC[C@@]23CCN1C(=O)OCc1ccccc1. The summed E-state index contributed by atoms with van der Waals surface area (Å²) < 4.78 is 24.1. The standard InChI is InChI=1S/C32H40BrNO6/c1-3-5-17-38-27-19-25-23(29(33)30(27)39-21-28(35)37-4-2)18-26-24-13-9-10-14-32(24,25)15-16-34(26)31(36)40-20-22-11-7-6-8-12-22/h6-8,11-12,19,24,26H,3-5,9-10,13-18,20-21H2,1-2H3/t24-,26+,32+/m1/s1. The van der Waals surface area contributed by atoms with Crippen molar-refractivity contribution in [2.45, 2.75) is 83.3 Å². The molecule has 5 rings (SSSR count). The van der Waals surface area contributed by atoms with Gasteiger partial charge in [0.1, 0.15) is 6.61 Å². The minimum absolute atomic E-state index is 0.0161. The van der Waals surface area contributed by atoms with E-state index in [1.165, 1.54) is 18.4 Å². The number of piperidine rings is 1. The number of likely N-dealkylation sites (tertiary alicyclic amines) is 1. The average molecular weight is 615 g/mol. The molecule has 3 atom stereocenters. The predicted octanol–water partition coefficient (Wildman–Crippen LogP) is 6.97. The second-order valence-electron chi connectivity index (χ2n) is 11.1. The Morgan fingerprint density at radius 2 is 1.90 bits per heavy atom. The fourth-order valence-corrected chi connectivity index (χ4v) is 7.68. The molecular formula is C32H40BrNO6. The Balaban J connectivity index is 1.47. The number of ether oxygens (including phenoxy) is 4. The van der Waals surface area contributed by atoms with Gasteiger partial charge in [0.2, 0.25) is 0 Å². The summed E-state index contributed by atoms with van der Waals surface area (Å²) in [6.07, 6.45) is 7.84. The van der Waals surface area contributed by atoms with Gasteiger partial charge < -0.3 is 23.8 Å². The number of halogens is 1. The van der Waals surface area contributed by atoms with E-state index in [0.717, 1.165) is 47.7 Å². The molecule has 0 spiro atoms. The van der Waals surface area contributed by atoms with E-state index < -0.39 is 5.97 Å². The second-order valence-corrected chi connectivity index (χ2v) is 11.9. The highest BCUT2D eigenvalue weighted by Gasteiger charge is 2.56. The highest BCUT2D eigenvalue weighted by atomic mass is 79.9. The van der Waals surface area contributed by atoms with Crippen molar-refractivity contribution in [3.05, 3.63) is 57.6 Å². The summed E-state index contributed by atoms with van der Waals surface area (Å²) in [6, 6.07) is 12.0. The van der Waals surface area contributed by atoms with Crippen LogP contribution in [0.1, 0.15) is 75.5 Å². The summed E-state index contributed by atoms with van der Waals surface area (Å²) in [4.78, 5) is 27.6. The first-order valence-electron chi connectivity index (χ1n) is 14.7. The van der Waals surface area contributed by atoms with Crippen molar-refractivity contribution >= 4 is 28.0 Å². The lowest BCUT2D eigenvalue weighted by atomic mass is 9.52. The topological polar surface area (TPSA) is 74.3 Å². The lowest BCUT2D eigenvalue weighted by molar-refractivity contribution is -0.145. The van der Waals surface area contributed by atoms with Crippen molar-refractivity contribution in [3.8, 4) is 11.5 Å². The van der Waals surface area contributed by atoms with Crippen LogP contribution in [0.4, 0.5) is 4.79 Å². The van der Waals surface area contributed by atoms with E-state index >= 15 is 0 Å². The van der Waals surface area contributed by atoms with Gasteiger partial charge in [-0.3, -0.25) is 0 Å². The molecule has 1 amide bonds. The third-order valence-corrected chi connectivity index (χ3v) is 9.67. The number of carbonyl (C=O) groups is 2. The van der Waals surface area contributed by atoms with Gasteiger partial charge in [-0.2, -0.15) is 0 Å². The summed E-state index contributed by atoms with van der Waals surface area (Å²) in [5, 5.41) is 0. The van der Waals surface area contributed by atoms with Crippen LogP contribution in [0.3, 0.4) is 0 Å². The Morgan fingerprint density at radius 3 is 2.67 bits per heavy atom.